The van der Waals surface area contributed by atoms with Crippen molar-refractivity contribution in [2.75, 3.05) is 19.0 Å². The Bertz CT molecular complexity index is 1540. The molecule has 0 radical (unpaired) electrons. The number of anilines is 1. The smallest absolute Gasteiger partial charge is 0.251 e. The summed E-state index contributed by atoms with van der Waals surface area (Å²) in [4.78, 5) is 30.5. The largest absolute Gasteiger partial charge is 0.497 e. The minimum Gasteiger partial charge on any atom is -0.497 e. The lowest BCUT2D eigenvalue weighted by atomic mass is 10.0. The van der Waals surface area contributed by atoms with Crippen molar-refractivity contribution in [2.45, 2.75) is 24.3 Å². The highest BCUT2D eigenvalue weighted by molar-refractivity contribution is 7.95. The summed E-state index contributed by atoms with van der Waals surface area (Å²) in [5.74, 6) is 0.237. The lowest BCUT2D eigenvalue weighted by Crippen LogP contribution is -2.22. The molecule has 36 heavy (non-hydrogen) atoms. The number of aromatic nitrogens is 1. The molecule has 0 fully saturated rings. The number of rotatable bonds is 6. The molecule has 3 aromatic rings. The number of methoxy groups -OCH3 is 1. The molecule has 0 atom stereocenters. The van der Waals surface area contributed by atoms with Crippen molar-refractivity contribution in [3.8, 4) is 5.75 Å². The average Bonchev–Trinajstić information content (AvgIpc) is 3.28. The van der Waals surface area contributed by atoms with Gasteiger partial charge in [0.05, 0.1) is 34.2 Å². The number of nitrogens with one attached hydrogen (secondary N) is 2. The van der Waals surface area contributed by atoms with Gasteiger partial charge in [-0.1, -0.05) is 18.2 Å². The number of carbonyl (C=O) groups excluding carboxylic acids is 2. The molecule has 0 bridgehead atoms. The second kappa shape index (κ2) is 9.71. The molecule has 0 spiro atoms. The molecular formula is C26H23N3O5S2. The summed E-state index contributed by atoms with van der Waals surface area (Å²) in [6, 6.07) is 12.2. The summed E-state index contributed by atoms with van der Waals surface area (Å²) in [6.07, 6.45) is 5.63. The monoisotopic (exact) mass is 521 g/mol. The van der Waals surface area contributed by atoms with E-state index < -0.39 is 9.84 Å². The van der Waals surface area contributed by atoms with Crippen LogP contribution in [0.2, 0.25) is 0 Å². The zero-order chi connectivity index (χ0) is 25.3. The lowest BCUT2D eigenvalue weighted by molar-refractivity contribution is -0.114. The van der Waals surface area contributed by atoms with Crippen LogP contribution in [0.3, 0.4) is 0 Å². The fourth-order valence-electron chi connectivity index (χ4n) is 4.16. The highest BCUT2D eigenvalue weighted by atomic mass is 32.2. The Balaban J connectivity index is 1.27. The van der Waals surface area contributed by atoms with Crippen molar-refractivity contribution >= 4 is 38.6 Å². The lowest BCUT2D eigenvalue weighted by Gasteiger charge is -2.12. The van der Waals surface area contributed by atoms with Gasteiger partial charge in [-0.3, -0.25) is 9.59 Å². The van der Waals surface area contributed by atoms with Crippen LogP contribution < -0.4 is 15.4 Å². The predicted octanol–water partition coefficient (Wildman–Crippen LogP) is 3.65. The van der Waals surface area contributed by atoms with Crippen LogP contribution in [-0.2, 0) is 27.6 Å². The maximum absolute atomic E-state index is 13.2. The van der Waals surface area contributed by atoms with Gasteiger partial charge in [-0.05, 0) is 42.0 Å². The van der Waals surface area contributed by atoms with E-state index in [-0.39, 0.29) is 40.0 Å². The minimum absolute atomic E-state index is 0.0251. The first kappa shape index (κ1) is 24.0. The molecule has 1 aliphatic carbocycles. The summed E-state index contributed by atoms with van der Waals surface area (Å²) < 4.78 is 31.6. The fraction of sp³-hybridized carbons (Fsp3) is 0.192. The number of fused-ring (bicyclic) bond motifs is 1. The van der Waals surface area contributed by atoms with Crippen molar-refractivity contribution < 1.29 is 22.7 Å². The number of sulfone groups is 1. The Morgan fingerprint density at radius 3 is 2.92 bits per heavy atom. The van der Waals surface area contributed by atoms with E-state index in [0.717, 1.165) is 21.2 Å². The van der Waals surface area contributed by atoms with E-state index in [2.05, 4.69) is 15.6 Å². The Hall–Kier alpha value is -3.76. The number of thiazole rings is 1. The standard InChI is InChI=1S/C26H23N3O5S2/c1-34-18-5-2-4-16(10-18)11-25-28-13-19(35-25)14-29-26(31)17-8-9-24-21(12-17)27-15-20-22(30)6-3-7-23(20)36(24,32)33/h2-5,7-10,12-13,27H,6,11,14-15H2,1H3,(H,29,31). The predicted molar refractivity (Wildman–Crippen MR) is 137 cm³/mol. The summed E-state index contributed by atoms with van der Waals surface area (Å²) in [6.45, 7) is 0.388. The summed E-state index contributed by atoms with van der Waals surface area (Å²) in [5.41, 5.74) is 1.95. The molecule has 8 nitrogen and oxygen atoms in total. The van der Waals surface area contributed by atoms with E-state index >= 15 is 0 Å². The van der Waals surface area contributed by atoms with Gasteiger partial charge in [-0.25, -0.2) is 13.4 Å². The number of amides is 1. The van der Waals surface area contributed by atoms with E-state index in [9.17, 15) is 18.0 Å². The molecule has 2 aliphatic rings. The Kier molecular flexibility index (Phi) is 6.46. The third-order valence-electron chi connectivity index (χ3n) is 6.00. The van der Waals surface area contributed by atoms with Gasteiger partial charge in [0.2, 0.25) is 9.84 Å². The van der Waals surface area contributed by atoms with Crippen LogP contribution in [0, 0.1) is 0 Å². The van der Waals surface area contributed by atoms with Crippen molar-refractivity contribution in [1.29, 1.82) is 0 Å². The molecule has 5 rings (SSSR count). The van der Waals surface area contributed by atoms with Crippen LogP contribution in [-0.4, -0.2) is 38.7 Å². The van der Waals surface area contributed by atoms with Gasteiger partial charge >= 0.3 is 0 Å². The van der Waals surface area contributed by atoms with Crippen LogP contribution in [0.15, 0.2) is 76.2 Å². The van der Waals surface area contributed by atoms with Gasteiger partial charge in [-0.15, -0.1) is 11.3 Å². The van der Waals surface area contributed by atoms with E-state index in [1.54, 1.807) is 19.4 Å². The minimum atomic E-state index is -3.87. The van der Waals surface area contributed by atoms with E-state index in [1.165, 1.54) is 35.6 Å². The van der Waals surface area contributed by atoms with Crippen LogP contribution >= 0.6 is 11.3 Å². The molecule has 1 amide bonds. The quantitative estimate of drug-likeness (QED) is 0.509. The van der Waals surface area contributed by atoms with E-state index in [4.69, 9.17) is 4.74 Å². The number of ketones is 1. The van der Waals surface area contributed by atoms with Crippen LogP contribution in [0.25, 0.3) is 0 Å². The molecule has 0 saturated carbocycles. The second-order valence-corrected chi connectivity index (χ2v) is 11.5. The normalized spacial score (nSPS) is 16.0. The molecule has 0 unspecified atom stereocenters. The number of ether oxygens (including phenoxy) is 1. The van der Waals surface area contributed by atoms with Crippen molar-refractivity contribution in [3.63, 3.8) is 0 Å². The van der Waals surface area contributed by atoms with Crippen LogP contribution in [0.4, 0.5) is 5.69 Å². The number of nitrogens with zero attached hydrogens (tertiary/aromatic N) is 1. The SMILES string of the molecule is COc1cccc(Cc2ncc(CNC(=O)c3ccc4c(c3)NCC3=C(C=CCC3=O)S4(=O)=O)s2)c1. The second-order valence-electron chi connectivity index (χ2n) is 8.37. The summed E-state index contributed by atoms with van der Waals surface area (Å²) in [7, 11) is -2.24. The number of benzene rings is 2. The first-order valence-electron chi connectivity index (χ1n) is 11.3. The Morgan fingerprint density at radius 2 is 2.08 bits per heavy atom. The number of carbonyl (C=O) groups is 2. The number of hydrogen-bond donors (Lipinski definition) is 2. The maximum atomic E-state index is 13.2. The molecule has 184 valence electrons. The molecule has 2 aromatic carbocycles. The zero-order valence-electron chi connectivity index (χ0n) is 19.4. The first-order valence-corrected chi connectivity index (χ1v) is 13.6. The average molecular weight is 522 g/mol. The van der Waals surface area contributed by atoms with Crippen molar-refractivity contribution in [1.82, 2.24) is 10.3 Å². The molecule has 1 aliphatic heterocycles. The highest BCUT2D eigenvalue weighted by Gasteiger charge is 2.32. The Labute approximate surface area is 212 Å². The van der Waals surface area contributed by atoms with Crippen LogP contribution in [0.5, 0.6) is 5.75 Å². The maximum Gasteiger partial charge on any atom is 0.251 e. The fourth-order valence-corrected chi connectivity index (χ4v) is 6.74. The van der Waals surface area contributed by atoms with E-state index in [0.29, 0.717) is 24.2 Å². The molecule has 2 heterocycles. The molecule has 10 heteroatoms. The molecule has 2 N–H and O–H groups in total. The van der Waals surface area contributed by atoms with E-state index in [1.807, 2.05) is 24.3 Å². The van der Waals surface area contributed by atoms with Gasteiger partial charge < -0.3 is 15.4 Å². The third-order valence-corrected chi connectivity index (χ3v) is 8.89. The topological polar surface area (TPSA) is 114 Å². The number of Topliss-reactive ketones (excluding diaryl/α,β-unsaturated/α-hetero) is 1. The van der Waals surface area contributed by atoms with Gasteiger partial charge in [0.25, 0.3) is 5.91 Å². The molecule has 1 aromatic heterocycles. The Morgan fingerprint density at radius 1 is 1.22 bits per heavy atom. The summed E-state index contributed by atoms with van der Waals surface area (Å²) >= 11 is 1.51. The zero-order valence-corrected chi connectivity index (χ0v) is 21.0. The van der Waals surface area contributed by atoms with Gasteiger partial charge in [0.15, 0.2) is 5.78 Å². The van der Waals surface area contributed by atoms with Crippen molar-refractivity contribution in [2.24, 2.45) is 0 Å². The highest BCUT2D eigenvalue weighted by Crippen LogP contribution is 2.35. The van der Waals surface area contributed by atoms with Crippen LogP contribution in [0.1, 0.15) is 32.2 Å². The van der Waals surface area contributed by atoms with Gasteiger partial charge in [0, 0.05) is 41.6 Å². The van der Waals surface area contributed by atoms with Gasteiger partial charge in [0.1, 0.15) is 5.75 Å². The first-order chi connectivity index (χ1) is 17.3. The molecular weight excluding hydrogens is 498 g/mol. The number of allylic oxidation sites excluding steroid dienone is 2. The van der Waals surface area contributed by atoms with Crippen molar-refractivity contribution in [3.05, 3.63) is 92.3 Å². The number of hydrogen-bond acceptors (Lipinski definition) is 8. The van der Waals surface area contributed by atoms with Gasteiger partial charge in [-0.2, -0.15) is 0 Å². The summed E-state index contributed by atoms with van der Waals surface area (Å²) in [5, 5.41) is 6.82. The third kappa shape index (κ3) is 4.69. The molecule has 0 saturated heterocycles.